The molecule has 1 N–H and O–H groups in total. The Hall–Kier alpha value is -1.74. The van der Waals surface area contributed by atoms with Crippen molar-refractivity contribution in [2.75, 3.05) is 20.1 Å². The van der Waals surface area contributed by atoms with Gasteiger partial charge in [0, 0.05) is 20.1 Å². The van der Waals surface area contributed by atoms with Crippen LogP contribution in [0.15, 0.2) is 58.3 Å². The first-order chi connectivity index (χ1) is 11.6. The summed E-state index contributed by atoms with van der Waals surface area (Å²) in [5.41, 5.74) is 1.60. The van der Waals surface area contributed by atoms with Crippen molar-refractivity contribution in [3.63, 3.8) is 0 Å². The molecule has 0 radical (unpaired) electrons. The predicted octanol–water partition coefficient (Wildman–Crippen LogP) is 1.90. The van der Waals surface area contributed by atoms with E-state index in [1.165, 1.54) is 13.1 Å². The van der Waals surface area contributed by atoms with Gasteiger partial charge in [0.25, 0.3) is 0 Å². The molecule has 0 spiro atoms. The average Bonchev–Trinajstić information content (AvgIpc) is 2.55. The summed E-state index contributed by atoms with van der Waals surface area (Å²) in [6, 6.07) is 13.2. The molecule has 25 heavy (non-hydrogen) atoms. The van der Waals surface area contributed by atoms with E-state index >= 15 is 0 Å². The fraction of sp³-hybridized carbons (Fsp3) is 0.294. The molecule has 2 aromatic carbocycles. The maximum atomic E-state index is 12.5. The van der Waals surface area contributed by atoms with Gasteiger partial charge in [-0.1, -0.05) is 35.9 Å². The molecule has 0 unspecified atom stereocenters. The molecule has 8 heteroatoms. The Morgan fingerprint density at radius 3 is 2.12 bits per heavy atom. The van der Waals surface area contributed by atoms with Gasteiger partial charge in [-0.3, -0.25) is 0 Å². The third-order valence-electron chi connectivity index (χ3n) is 3.83. The second kappa shape index (κ2) is 7.65. The van der Waals surface area contributed by atoms with Crippen LogP contribution >= 0.6 is 0 Å². The molecule has 0 aromatic heterocycles. The largest absolute Gasteiger partial charge is 0.242 e. The molecule has 0 saturated heterocycles. The highest BCUT2D eigenvalue weighted by molar-refractivity contribution is 7.89. The molecule has 2 rings (SSSR count). The number of sulfonamides is 2. The fourth-order valence-corrected chi connectivity index (χ4v) is 4.72. The highest BCUT2D eigenvalue weighted by atomic mass is 32.2. The molecular formula is C17H22N2O4S2. The summed E-state index contributed by atoms with van der Waals surface area (Å²) in [4.78, 5) is 0.376. The standard InChI is InChI=1S/C17H22N2O4S2/c1-14-8-10-16(11-9-14)25(22,23)19(3)13-12-18-24(20,21)17-7-5-4-6-15(17)2/h4-11,18H,12-13H2,1-3H3. The maximum Gasteiger partial charge on any atom is 0.242 e. The van der Waals surface area contributed by atoms with Crippen molar-refractivity contribution in [3.05, 3.63) is 59.7 Å². The molecule has 0 saturated carbocycles. The van der Waals surface area contributed by atoms with Crippen molar-refractivity contribution in [3.8, 4) is 0 Å². The van der Waals surface area contributed by atoms with Crippen LogP contribution in [0, 0.1) is 13.8 Å². The third kappa shape index (κ3) is 4.66. The summed E-state index contributed by atoms with van der Waals surface area (Å²) in [6.45, 7) is 3.60. The summed E-state index contributed by atoms with van der Waals surface area (Å²) >= 11 is 0. The highest BCUT2D eigenvalue weighted by Gasteiger charge is 2.21. The van der Waals surface area contributed by atoms with Crippen molar-refractivity contribution < 1.29 is 16.8 Å². The summed E-state index contributed by atoms with van der Waals surface area (Å²) in [5, 5.41) is 0. The van der Waals surface area contributed by atoms with Crippen LogP contribution in [0.5, 0.6) is 0 Å². The van der Waals surface area contributed by atoms with E-state index in [1.54, 1.807) is 49.4 Å². The highest BCUT2D eigenvalue weighted by Crippen LogP contribution is 2.15. The van der Waals surface area contributed by atoms with Crippen LogP contribution in [-0.2, 0) is 20.0 Å². The number of benzene rings is 2. The zero-order valence-electron chi connectivity index (χ0n) is 14.4. The number of rotatable bonds is 7. The molecule has 2 aromatic rings. The SMILES string of the molecule is Cc1ccc(S(=O)(=O)N(C)CCNS(=O)(=O)c2ccccc2C)cc1. The Labute approximate surface area is 149 Å². The Bertz CT molecular complexity index is 937. The number of hydrogen-bond acceptors (Lipinski definition) is 4. The molecule has 0 aliphatic carbocycles. The van der Waals surface area contributed by atoms with Crippen molar-refractivity contribution >= 4 is 20.0 Å². The zero-order valence-corrected chi connectivity index (χ0v) is 16.1. The number of aryl methyl sites for hydroxylation is 2. The summed E-state index contributed by atoms with van der Waals surface area (Å²) < 4.78 is 53.2. The molecular weight excluding hydrogens is 360 g/mol. The summed E-state index contributed by atoms with van der Waals surface area (Å²) in [5.74, 6) is 0. The lowest BCUT2D eigenvalue weighted by atomic mass is 10.2. The minimum atomic E-state index is -3.67. The molecule has 0 aliphatic rings. The average molecular weight is 383 g/mol. The number of likely N-dealkylation sites (N-methyl/N-ethyl adjacent to an activating group) is 1. The van der Waals surface area contributed by atoms with Crippen molar-refractivity contribution in [2.45, 2.75) is 23.6 Å². The van der Waals surface area contributed by atoms with Gasteiger partial charge < -0.3 is 0 Å². The smallest absolute Gasteiger partial charge is 0.210 e. The minimum Gasteiger partial charge on any atom is -0.210 e. The quantitative estimate of drug-likeness (QED) is 0.793. The third-order valence-corrected chi connectivity index (χ3v) is 7.32. The van der Waals surface area contributed by atoms with E-state index in [2.05, 4.69) is 4.72 Å². The lowest BCUT2D eigenvalue weighted by Gasteiger charge is -2.18. The number of nitrogens with zero attached hydrogens (tertiary/aromatic N) is 1. The molecule has 0 atom stereocenters. The monoisotopic (exact) mass is 382 g/mol. The topological polar surface area (TPSA) is 83.6 Å². The van der Waals surface area contributed by atoms with Gasteiger partial charge in [0.05, 0.1) is 9.79 Å². The molecule has 0 fully saturated rings. The minimum absolute atomic E-state index is 0.0156. The van der Waals surface area contributed by atoms with Crippen LogP contribution in [-0.4, -0.2) is 41.3 Å². The molecule has 6 nitrogen and oxygen atoms in total. The van der Waals surface area contributed by atoms with Gasteiger partial charge in [0.2, 0.25) is 20.0 Å². The fourth-order valence-electron chi connectivity index (χ4n) is 2.28. The van der Waals surface area contributed by atoms with Gasteiger partial charge in [-0.15, -0.1) is 0 Å². The Morgan fingerprint density at radius 2 is 1.52 bits per heavy atom. The first-order valence-corrected chi connectivity index (χ1v) is 10.7. The number of hydrogen-bond donors (Lipinski definition) is 1. The van der Waals surface area contributed by atoms with Crippen LogP contribution < -0.4 is 4.72 Å². The van der Waals surface area contributed by atoms with Crippen LogP contribution in [0.1, 0.15) is 11.1 Å². The number of nitrogens with one attached hydrogen (secondary N) is 1. The Balaban J connectivity index is 2.04. The van der Waals surface area contributed by atoms with E-state index < -0.39 is 20.0 Å². The first-order valence-electron chi connectivity index (χ1n) is 7.73. The van der Waals surface area contributed by atoms with E-state index in [9.17, 15) is 16.8 Å². The molecule has 0 bridgehead atoms. The van der Waals surface area contributed by atoms with Gasteiger partial charge >= 0.3 is 0 Å². The summed E-state index contributed by atoms with van der Waals surface area (Å²) in [7, 11) is -5.89. The van der Waals surface area contributed by atoms with E-state index in [0.29, 0.717) is 5.56 Å². The van der Waals surface area contributed by atoms with Crippen molar-refractivity contribution in [2.24, 2.45) is 0 Å². The van der Waals surface area contributed by atoms with E-state index in [-0.39, 0.29) is 22.9 Å². The van der Waals surface area contributed by atoms with Crippen LogP contribution in [0.4, 0.5) is 0 Å². The second-order valence-electron chi connectivity index (χ2n) is 5.80. The van der Waals surface area contributed by atoms with Gasteiger partial charge in [-0.05, 0) is 37.6 Å². The lowest BCUT2D eigenvalue weighted by molar-refractivity contribution is 0.469. The van der Waals surface area contributed by atoms with Crippen LogP contribution in [0.3, 0.4) is 0 Å². The van der Waals surface area contributed by atoms with Crippen molar-refractivity contribution in [1.29, 1.82) is 0 Å². The van der Waals surface area contributed by atoms with E-state index in [1.807, 2.05) is 6.92 Å². The van der Waals surface area contributed by atoms with Gasteiger partial charge in [0.1, 0.15) is 0 Å². The Kier molecular flexibility index (Phi) is 5.99. The van der Waals surface area contributed by atoms with Crippen LogP contribution in [0.2, 0.25) is 0 Å². The lowest BCUT2D eigenvalue weighted by Crippen LogP contribution is -2.36. The predicted molar refractivity (Wildman–Crippen MR) is 97.4 cm³/mol. The van der Waals surface area contributed by atoms with Gasteiger partial charge in [0.15, 0.2) is 0 Å². The molecule has 136 valence electrons. The molecule has 0 amide bonds. The molecule has 0 heterocycles. The molecule has 0 aliphatic heterocycles. The maximum absolute atomic E-state index is 12.5. The second-order valence-corrected chi connectivity index (χ2v) is 9.58. The zero-order chi connectivity index (χ0) is 18.7. The first kappa shape index (κ1) is 19.6. The normalized spacial score (nSPS) is 12.5. The van der Waals surface area contributed by atoms with E-state index in [0.717, 1.165) is 9.87 Å². The van der Waals surface area contributed by atoms with Gasteiger partial charge in [-0.25, -0.2) is 21.6 Å². The van der Waals surface area contributed by atoms with E-state index in [4.69, 9.17) is 0 Å². The summed E-state index contributed by atoms with van der Waals surface area (Å²) in [6.07, 6.45) is 0. The Morgan fingerprint density at radius 1 is 0.920 bits per heavy atom. The van der Waals surface area contributed by atoms with Gasteiger partial charge in [-0.2, -0.15) is 4.31 Å². The van der Waals surface area contributed by atoms with Crippen LogP contribution in [0.25, 0.3) is 0 Å². The van der Waals surface area contributed by atoms with Crippen molar-refractivity contribution in [1.82, 2.24) is 9.03 Å².